The number of likely N-dealkylation sites (tertiary alicyclic amines) is 1. The number of hydrogen-bond acceptors (Lipinski definition) is 2. The van der Waals surface area contributed by atoms with Crippen LogP contribution in [0.5, 0.6) is 0 Å². The fourth-order valence-electron chi connectivity index (χ4n) is 3.02. The Bertz CT molecular complexity index is 417. The smallest absolute Gasteiger partial charge is 0.0220 e. The van der Waals surface area contributed by atoms with Gasteiger partial charge in [-0.2, -0.15) is 0 Å². The highest BCUT2D eigenvalue weighted by Gasteiger charge is 2.38. The summed E-state index contributed by atoms with van der Waals surface area (Å²) >= 11 is 3.61. The van der Waals surface area contributed by atoms with Crippen molar-refractivity contribution in [2.75, 3.05) is 6.54 Å². The highest BCUT2D eigenvalue weighted by molar-refractivity contribution is 9.10. The number of hydrogen-bond donors (Lipinski definition) is 1. The van der Waals surface area contributed by atoms with Crippen LogP contribution in [-0.4, -0.2) is 29.6 Å². The first-order valence-corrected chi connectivity index (χ1v) is 7.76. The molecule has 1 N–H and O–H groups in total. The predicted molar refractivity (Wildman–Crippen MR) is 78.6 cm³/mol. The van der Waals surface area contributed by atoms with Crippen molar-refractivity contribution in [1.82, 2.24) is 10.2 Å². The Morgan fingerprint density at radius 3 is 2.83 bits per heavy atom. The van der Waals surface area contributed by atoms with Crippen LogP contribution >= 0.6 is 15.9 Å². The summed E-state index contributed by atoms with van der Waals surface area (Å²) in [5.74, 6) is 0. The molecular weight excluding hydrogens is 288 g/mol. The highest BCUT2D eigenvalue weighted by atomic mass is 79.9. The van der Waals surface area contributed by atoms with Crippen molar-refractivity contribution < 1.29 is 0 Å². The molecular formula is C15H21BrN2. The van der Waals surface area contributed by atoms with Gasteiger partial charge >= 0.3 is 0 Å². The van der Waals surface area contributed by atoms with Crippen LogP contribution in [0.1, 0.15) is 31.7 Å². The maximum atomic E-state index is 3.71. The number of benzene rings is 1. The van der Waals surface area contributed by atoms with E-state index in [0.29, 0.717) is 6.04 Å². The lowest BCUT2D eigenvalue weighted by atomic mass is 10.1. The minimum absolute atomic E-state index is 0.660. The summed E-state index contributed by atoms with van der Waals surface area (Å²) in [5.41, 5.74) is 1.36. The summed E-state index contributed by atoms with van der Waals surface area (Å²) in [5, 5.41) is 3.71. The monoisotopic (exact) mass is 308 g/mol. The SMILES string of the molecule is CC1CC(NCc2ccccc2Br)CN1C1CC1. The molecule has 2 unspecified atom stereocenters. The van der Waals surface area contributed by atoms with E-state index in [4.69, 9.17) is 0 Å². The van der Waals surface area contributed by atoms with Crippen LogP contribution in [0.25, 0.3) is 0 Å². The Labute approximate surface area is 118 Å². The van der Waals surface area contributed by atoms with Crippen molar-refractivity contribution in [1.29, 1.82) is 0 Å². The summed E-state index contributed by atoms with van der Waals surface area (Å²) in [6, 6.07) is 10.8. The minimum atomic E-state index is 0.660. The van der Waals surface area contributed by atoms with Gasteiger partial charge in [0, 0.05) is 35.7 Å². The van der Waals surface area contributed by atoms with Crippen molar-refractivity contribution in [3.05, 3.63) is 34.3 Å². The molecule has 2 atom stereocenters. The molecule has 98 valence electrons. The first kappa shape index (κ1) is 12.6. The Morgan fingerprint density at radius 2 is 2.11 bits per heavy atom. The number of nitrogens with one attached hydrogen (secondary N) is 1. The molecule has 0 radical (unpaired) electrons. The zero-order chi connectivity index (χ0) is 12.5. The van der Waals surface area contributed by atoms with Gasteiger partial charge in [-0.15, -0.1) is 0 Å². The summed E-state index contributed by atoms with van der Waals surface area (Å²) in [4.78, 5) is 2.69. The first-order valence-electron chi connectivity index (χ1n) is 6.96. The average Bonchev–Trinajstić information content (AvgIpc) is 3.13. The van der Waals surface area contributed by atoms with Gasteiger partial charge in [-0.05, 0) is 37.8 Å². The van der Waals surface area contributed by atoms with E-state index in [1.165, 1.54) is 35.8 Å². The van der Waals surface area contributed by atoms with Crippen LogP contribution in [0, 0.1) is 0 Å². The number of halogens is 1. The Balaban J connectivity index is 1.53. The molecule has 1 aromatic carbocycles. The van der Waals surface area contributed by atoms with E-state index in [1.807, 2.05) is 0 Å². The molecule has 3 rings (SSSR count). The Hall–Kier alpha value is -0.380. The van der Waals surface area contributed by atoms with Gasteiger partial charge in [0.05, 0.1) is 0 Å². The summed E-state index contributed by atoms with van der Waals surface area (Å²) in [7, 11) is 0. The second kappa shape index (κ2) is 5.32. The van der Waals surface area contributed by atoms with E-state index in [2.05, 4.69) is 57.3 Å². The second-order valence-corrected chi connectivity index (χ2v) is 6.54. The number of nitrogens with zero attached hydrogens (tertiary/aromatic N) is 1. The topological polar surface area (TPSA) is 15.3 Å². The van der Waals surface area contributed by atoms with Crippen molar-refractivity contribution in [2.24, 2.45) is 0 Å². The molecule has 0 aromatic heterocycles. The van der Waals surface area contributed by atoms with Gasteiger partial charge in [-0.3, -0.25) is 4.90 Å². The van der Waals surface area contributed by atoms with Crippen LogP contribution in [0.4, 0.5) is 0 Å². The molecule has 0 amide bonds. The van der Waals surface area contributed by atoms with Gasteiger partial charge in [-0.1, -0.05) is 34.1 Å². The molecule has 1 heterocycles. The van der Waals surface area contributed by atoms with Gasteiger partial charge in [0.25, 0.3) is 0 Å². The third kappa shape index (κ3) is 2.79. The van der Waals surface area contributed by atoms with E-state index >= 15 is 0 Å². The maximum Gasteiger partial charge on any atom is 0.0220 e. The van der Waals surface area contributed by atoms with E-state index in [-0.39, 0.29) is 0 Å². The van der Waals surface area contributed by atoms with Gasteiger partial charge in [0.1, 0.15) is 0 Å². The lowest BCUT2D eigenvalue weighted by Crippen LogP contribution is -2.33. The number of rotatable bonds is 4. The lowest BCUT2D eigenvalue weighted by Gasteiger charge is -2.19. The van der Waals surface area contributed by atoms with E-state index in [9.17, 15) is 0 Å². The molecule has 2 fully saturated rings. The van der Waals surface area contributed by atoms with Crippen molar-refractivity contribution in [2.45, 2.75) is 50.9 Å². The second-order valence-electron chi connectivity index (χ2n) is 5.68. The van der Waals surface area contributed by atoms with Crippen molar-refractivity contribution in [3.63, 3.8) is 0 Å². The molecule has 0 spiro atoms. The standard InChI is InChI=1S/C15H21BrN2/c1-11-8-13(10-18(11)14-6-7-14)17-9-12-4-2-3-5-15(12)16/h2-5,11,13-14,17H,6-10H2,1H3. The summed E-state index contributed by atoms with van der Waals surface area (Å²) in [6.45, 7) is 4.58. The van der Waals surface area contributed by atoms with Gasteiger partial charge in [0.15, 0.2) is 0 Å². The fraction of sp³-hybridized carbons (Fsp3) is 0.600. The lowest BCUT2D eigenvalue weighted by molar-refractivity contribution is 0.255. The van der Waals surface area contributed by atoms with Crippen molar-refractivity contribution in [3.8, 4) is 0 Å². The molecule has 1 aliphatic heterocycles. The highest BCUT2D eigenvalue weighted by Crippen LogP contribution is 2.33. The van der Waals surface area contributed by atoms with Crippen LogP contribution in [0.2, 0.25) is 0 Å². The van der Waals surface area contributed by atoms with E-state index in [1.54, 1.807) is 0 Å². The van der Waals surface area contributed by atoms with E-state index < -0.39 is 0 Å². The van der Waals surface area contributed by atoms with E-state index in [0.717, 1.165) is 18.6 Å². The molecule has 3 heteroatoms. The first-order chi connectivity index (χ1) is 8.74. The summed E-state index contributed by atoms with van der Waals surface area (Å²) < 4.78 is 1.21. The quantitative estimate of drug-likeness (QED) is 0.919. The van der Waals surface area contributed by atoms with Crippen LogP contribution in [0.15, 0.2) is 28.7 Å². The molecule has 0 bridgehead atoms. The molecule has 1 aromatic rings. The zero-order valence-corrected chi connectivity index (χ0v) is 12.5. The van der Waals surface area contributed by atoms with Crippen molar-refractivity contribution >= 4 is 15.9 Å². The van der Waals surface area contributed by atoms with Gasteiger partial charge in [0.2, 0.25) is 0 Å². The third-order valence-electron chi connectivity index (χ3n) is 4.18. The molecule has 1 aliphatic carbocycles. The molecule has 2 nitrogen and oxygen atoms in total. The van der Waals surface area contributed by atoms with Gasteiger partial charge < -0.3 is 5.32 Å². The largest absolute Gasteiger partial charge is 0.309 e. The zero-order valence-electron chi connectivity index (χ0n) is 10.9. The molecule has 2 aliphatic rings. The maximum absolute atomic E-state index is 3.71. The molecule has 18 heavy (non-hydrogen) atoms. The molecule has 1 saturated heterocycles. The average molecular weight is 309 g/mol. The predicted octanol–water partition coefficient (Wildman–Crippen LogP) is 3.16. The molecule has 1 saturated carbocycles. The minimum Gasteiger partial charge on any atom is -0.309 e. The van der Waals surface area contributed by atoms with Crippen LogP contribution < -0.4 is 5.32 Å². The normalized spacial score (nSPS) is 28.8. The third-order valence-corrected chi connectivity index (χ3v) is 4.95. The van der Waals surface area contributed by atoms with Crippen LogP contribution in [0.3, 0.4) is 0 Å². The van der Waals surface area contributed by atoms with Crippen LogP contribution in [-0.2, 0) is 6.54 Å². The van der Waals surface area contributed by atoms with Gasteiger partial charge in [-0.25, -0.2) is 0 Å². The fourth-order valence-corrected chi connectivity index (χ4v) is 3.44. The Morgan fingerprint density at radius 1 is 1.33 bits per heavy atom. The Kier molecular flexibility index (Phi) is 3.73. The summed E-state index contributed by atoms with van der Waals surface area (Å²) in [6.07, 6.45) is 4.13.